The number of hydrogen-bond donors (Lipinski definition) is 1. The van der Waals surface area contributed by atoms with Crippen molar-refractivity contribution < 1.29 is 0 Å². The van der Waals surface area contributed by atoms with Crippen molar-refractivity contribution in [2.75, 3.05) is 24.5 Å². The van der Waals surface area contributed by atoms with Gasteiger partial charge < -0.3 is 10.2 Å². The zero-order valence-electron chi connectivity index (χ0n) is 12.8. The monoisotopic (exact) mass is 272 g/mol. The summed E-state index contributed by atoms with van der Waals surface area (Å²) < 4.78 is 0. The van der Waals surface area contributed by atoms with Crippen molar-refractivity contribution in [3.05, 3.63) is 30.3 Å². The van der Waals surface area contributed by atoms with Crippen LogP contribution in [0, 0.1) is 5.41 Å². The van der Waals surface area contributed by atoms with Crippen LogP contribution in [0.2, 0.25) is 0 Å². The van der Waals surface area contributed by atoms with Crippen LogP contribution in [0.1, 0.15) is 45.4 Å². The van der Waals surface area contributed by atoms with Crippen LogP contribution in [0.4, 0.5) is 5.69 Å². The Morgan fingerprint density at radius 2 is 1.85 bits per heavy atom. The maximum atomic E-state index is 3.79. The number of rotatable bonds is 7. The van der Waals surface area contributed by atoms with Gasteiger partial charge in [-0.3, -0.25) is 0 Å². The van der Waals surface area contributed by atoms with Crippen molar-refractivity contribution in [1.29, 1.82) is 0 Å². The molecule has 1 aromatic rings. The lowest BCUT2D eigenvalue weighted by Crippen LogP contribution is -2.43. The van der Waals surface area contributed by atoms with Gasteiger partial charge in [0, 0.05) is 36.8 Å². The highest BCUT2D eigenvalue weighted by Crippen LogP contribution is 2.39. The Balaban J connectivity index is 1.67. The predicted octanol–water partition coefficient (Wildman–Crippen LogP) is 3.83. The predicted molar refractivity (Wildman–Crippen MR) is 86.3 cm³/mol. The van der Waals surface area contributed by atoms with E-state index in [-0.39, 0.29) is 0 Å². The highest BCUT2D eigenvalue weighted by Gasteiger charge is 2.36. The zero-order chi connectivity index (χ0) is 13.8. The molecule has 2 fully saturated rings. The van der Waals surface area contributed by atoms with Crippen molar-refractivity contribution in [3.8, 4) is 0 Å². The Morgan fingerprint density at radius 1 is 1.15 bits per heavy atom. The van der Waals surface area contributed by atoms with Crippen LogP contribution in [-0.4, -0.2) is 25.7 Å². The second-order valence-electron chi connectivity index (χ2n) is 6.71. The number of para-hydroxylation sites is 1. The van der Waals surface area contributed by atoms with Crippen LogP contribution in [0.25, 0.3) is 0 Å². The van der Waals surface area contributed by atoms with E-state index >= 15 is 0 Å². The summed E-state index contributed by atoms with van der Waals surface area (Å²) in [4.78, 5) is 2.57. The fourth-order valence-corrected chi connectivity index (χ4v) is 3.59. The van der Waals surface area contributed by atoms with Crippen LogP contribution in [0.3, 0.4) is 0 Å². The lowest BCUT2D eigenvalue weighted by molar-refractivity contribution is 0.282. The van der Waals surface area contributed by atoms with Gasteiger partial charge in [0.1, 0.15) is 0 Å². The highest BCUT2D eigenvalue weighted by atomic mass is 15.1. The Bertz CT molecular complexity index is 405. The normalized spacial score (nSPS) is 21.1. The second-order valence-corrected chi connectivity index (χ2v) is 6.71. The third-order valence-electron chi connectivity index (χ3n) is 5.04. The van der Waals surface area contributed by atoms with Crippen molar-refractivity contribution >= 4 is 5.69 Å². The highest BCUT2D eigenvalue weighted by molar-refractivity contribution is 5.46. The third-order valence-corrected chi connectivity index (χ3v) is 5.04. The third kappa shape index (κ3) is 3.35. The molecule has 0 aliphatic heterocycles. The van der Waals surface area contributed by atoms with E-state index in [1.165, 1.54) is 57.3 Å². The molecule has 0 radical (unpaired) electrons. The minimum atomic E-state index is 0.508. The lowest BCUT2D eigenvalue weighted by atomic mass is 9.85. The largest absolute Gasteiger partial charge is 0.371 e. The number of nitrogens with zero attached hydrogens (tertiary/aromatic N) is 1. The summed E-state index contributed by atoms with van der Waals surface area (Å²) in [6.45, 7) is 5.83. The van der Waals surface area contributed by atoms with E-state index in [1.54, 1.807) is 0 Å². The van der Waals surface area contributed by atoms with E-state index in [0.29, 0.717) is 5.41 Å². The summed E-state index contributed by atoms with van der Waals surface area (Å²) in [6, 6.07) is 11.8. The molecule has 0 aromatic heterocycles. The number of hydrogen-bond acceptors (Lipinski definition) is 2. The van der Waals surface area contributed by atoms with E-state index < -0.39 is 0 Å². The standard InChI is InChI=1S/C18H28N2/c1-2-20(17-8-4-3-5-9-17)15-18(12-6-7-13-18)14-19-16-10-11-16/h3-5,8-9,16,19H,2,6-7,10-15H2,1H3. The molecule has 3 rings (SSSR count). The summed E-state index contributed by atoms with van der Waals surface area (Å²) in [5.41, 5.74) is 1.89. The van der Waals surface area contributed by atoms with E-state index in [2.05, 4.69) is 47.5 Å². The molecule has 0 atom stereocenters. The zero-order valence-corrected chi connectivity index (χ0v) is 12.8. The van der Waals surface area contributed by atoms with Crippen molar-refractivity contribution in [1.82, 2.24) is 5.32 Å². The molecule has 0 heterocycles. The Hall–Kier alpha value is -1.02. The van der Waals surface area contributed by atoms with Gasteiger partial charge in [0.25, 0.3) is 0 Å². The maximum absolute atomic E-state index is 3.79. The Morgan fingerprint density at radius 3 is 2.45 bits per heavy atom. The van der Waals surface area contributed by atoms with Crippen molar-refractivity contribution in [2.45, 2.75) is 51.5 Å². The fourth-order valence-electron chi connectivity index (χ4n) is 3.59. The van der Waals surface area contributed by atoms with Gasteiger partial charge >= 0.3 is 0 Å². The van der Waals surface area contributed by atoms with Gasteiger partial charge in [0.15, 0.2) is 0 Å². The van der Waals surface area contributed by atoms with Gasteiger partial charge in [0.2, 0.25) is 0 Å². The Labute approximate surface area is 123 Å². The molecular formula is C18H28N2. The molecule has 2 heteroatoms. The first kappa shape index (κ1) is 13.9. The van der Waals surface area contributed by atoms with Crippen LogP contribution in [-0.2, 0) is 0 Å². The van der Waals surface area contributed by atoms with Gasteiger partial charge in [-0.25, -0.2) is 0 Å². The van der Waals surface area contributed by atoms with Gasteiger partial charge in [-0.15, -0.1) is 0 Å². The molecule has 0 saturated heterocycles. The van der Waals surface area contributed by atoms with Crippen LogP contribution >= 0.6 is 0 Å². The average molecular weight is 272 g/mol. The first-order chi connectivity index (χ1) is 9.81. The van der Waals surface area contributed by atoms with Crippen LogP contribution in [0.15, 0.2) is 30.3 Å². The van der Waals surface area contributed by atoms with E-state index in [1.807, 2.05) is 0 Å². The fraction of sp³-hybridized carbons (Fsp3) is 0.667. The van der Waals surface area contributed by atoms with Crippen LogP contribution < -0.4 is 10.2 Å². The first-order valence-electron chi connectivity index (χ1n) is 8.35. The molecule has 20 heavy (non-hydrogen) atoms. The van der Waals surface area contributed by atoms with E-state index in [4.69, 9.17) is 0 Å². The molecular weight excluding hydrogens is 244 g/mol. The lowest BCUT2D eigenvalue weighted by Gasteiger charge is -2.36. The molecule has 1 aromatic carbocycles. The molecule has 110 valence electrons. The Kier molecular flexibility index (Phi) is 4.30. The molecule has 0 spiro atoms. The summed E-state index contributed by atoms with van der Waals surface area (Å²) in [5.74, 6) is 0. The maximum Gasteiger partial charge on any atom is 0.0366 e. The topological polar surface area (TPSA) is 15.3 Å². The van der Waals surface area contributed by atoms with E-state index in [9.17, 15) is 0 Å². The molecule has 1 N–H and O–H groups in total. The van der Waals surface area contributed by atoms with E-state index in [0.717, 1.165) is 12.6 Å². The molecule has 0 amide bonds. The molecule has 0 bridgehead atoms. The smallest absolute Gasteiger partial charge is 0.0366 e. The summed E-state index contributed by atoms with van der Waals surface area (Å²) in [7, 11) is 0. The van der Waals surface area contributed by atoms with Gasteiger partial charge in [0.05, 0.1) is 0 Å². The number of nitrogens with one attached hydrogen (secondary N) is 1. The first-order valence-corrected chi connectivity index (χ1v) is 8.35. The number of benzene rings is 1. The second kappa shape index (κ2) is 6.17. The SMILES string of the molecule is CCN(CC1(CNC2CC2)CCCC1)c1ccccc1. The van der Waals surface area contributed by atoms with Crippen molar-refractivity contribution in [3.63, 3.8) is 0 Å². The number of anilines is 1. The van der Waals surface area contributed by atoms with Gasteiger partial charge in [-0.1, -0.05) is 31.0 Å². The van der Waals surface area contributed by atoms with Crippen molar-refractivity contribution in [2.24, 2.45) is 5.41 Å². The minimum Gasteiger partial charge on any atom is -0.371 e. The molecule has 0 unspecified atom stereocenters. The molecule has 2 nitrogen and oxygen atoms in total. The molecule has 2 aliphatic rings. The van der Waals surface area contributed by atoms with Crippen LogP contribution in [0.5, 0.6) is 0 Å². The van der Waals surface area contributed by atoms with Gasteiger partial charge in [-0.2, -0.15) is 0 Å². The summed E-state index contributed by atoms with van der Waals surface area (Å²) >= 11 is 0. The summed E-state index contributed by atoms with van der Waals surface area (Å²) in [5, 5.41) is 3.79. The average Bonchev–Trinajstić information content (AvgIpc) is 3.22. The summed E-state index contributed by atoms with van der Waals surface area (Å²) in [6.07, 6.45) is 8.42. The van der Waals surface area contributed by atoms with Gasteiger partial charge in [-0.05, 0) is 44.7 Å². The molecule has 2 saturated carbocycles. The minimum absolute atomic E-state index is 0.508. The quantitative estimate of drug-likeness (QED) is 0.811. The molecule has 2 aliphatic carbocycles.